The Balaban J connectivity index is 1.77. The zero-order chi connectivity index (χ0) is 13.0. The Kier molecular flexibility index (Phi) is 5.01. The summed E-state index contributed by atoms with van der Waals surface area (Å²) in [6.45, 7) is 0.721. The van der Waals surface area contributed by atoms with Gasteiger partial charge in [-0.1, -0.05) is 6.42 Å². The molecule has 0 spiro atoms. The quantitative estimate of drug-likeness (QED) is 0.798. The molecule has 4 unspecified atom stereocenters. The van der Waals surface area contributed by atoms with Crippen molar-refractivity contribution in [3.8, 4) is 0 Å². The van der Waals surface area contributed by atoms with Crippen LogP contribution in [-0.4, -0.2) is 31.7 Å². The van der Waals surface area contributed by atoms with Gasteiger partial charge >= 0.3 is 0 Å². The molecular weight excluding hydrogens is 228 g/mol. The molecule has 0 heterocycles. The molecule has 0 bridgehead atoms. The van der Waals surface area contributed by atoms with Crippen LogP contribution < -0.4 is 11.1 Å². The molecule has 0 radical (unpaired) electrons. The van der Waals surface area contributed by atoms with Gasteiger partial charge in [-0.3, -0.25) is 4.79 Å². The molecule has 3 N–H and O–H groups in total. The molecule has 0 saturated heterocycles. The van der Waals surface area contributed by atoms with Gasteiger partial charge in [-0.05, 0) is 51.0 Å². The van der Waals surface area contributed by atoms with Crippen molar-refractivity contribution in [2.75, 3.05) is 13.7 Å². The van der Waals surface area contributed by atoms with Crippen LogP contribution in [0.2, 0.25) is 0 Å². The fourth-order valence-electron chi connectivity index (χ4n) is 3.35. The van der Waals surface area contributed by atoms with E-state index in [9.17, 15) is 4.79 Å². The molecule has 0 aromatic heterocycles. The normalized spacial score (nSPS) is 36.6. The van der Waals surface area contributed by atoms with Crippen molar-refractivity contribution >= 4 is 5.91 Å². The molecule has 2 rings (SSSR count). The number of carbonyl (C=O) groups excluding carboxylic acids is 1. The van der Waals surface area contributed by atoms with Crippen molar-refractivity contribution in [1.82, 2.24) is 5.32 Å². The fraction of sp³-hybridized carbons (Fsp3) is 0.929. The van der Waals surface area contributed by atoms with E-state index < -0.39 is 0 Å². The van der Waals surface area contributed by atoms with Crippen LogP contribution in [0.5, 0.6) is 0 Å². The lowest BCUT2D eigenvalue weighted by Crippen LogP contribution is -2.40. The third kappa shape index (κ3) is 3.45. The van der Waals surface area contributed by atoms with Crippen molar-refractivity contribution in [1.29, 1.82) is 0 Å². The van der Waals surface area contributed by atoms with Crippen LogP contribution in [0, 0.1) is 11.8 Å². The van der Waals surface area contributed by atoms with Crippen molar-refractivity contribution < 1.29 is 9.53 Å². The van der Waals surface area contributed by atoms with Gasteiger partial charge in [0.2, 0.25) is 5.91 Å². The van der Waals surface area contributed by atoms with E-state index in [0.717, 1.165) is 45.1 Å². The molecule has 2 saturated carbocycles. The Morgan fingerprint density at radius 1 is 1.28 bits per heavy atom. The highest BCUT2D eigenvalue weighted by atomic mass is 16.5. The number of nitrogens with one attached hydrogen (secondary N) is 1. The van der Waals surface area contributed by atoms with E-state index in [0.29, 0.717) is 18.1 Å². The number of rotatable bonds is 4. The minimum Gasteiger partial charge on any atom is -0.381 e. The number of hydrogen-bond acceptors (Lipinski definition) is 3. The number of carbonyl (C=O) groups is 1. The van der Waals surface area contributed by atoms with Crippen molar-refractivity contribution in [2.24, 2.45) is 17.6 Å². The second-order valence-corrected chi connectivity index (χ2v) is 5.84. The molecule has 2 aliphatic rings. The second kappa shape index (κ2) is 6.53. The summed E-state index contributed by atoms with van der Waals surface area (Å²) in [6, 6.07) is 0.320. The highest BCUT2D eigenvalue weighted by molar-refractivity contribution is 5.79. The van der Waals surface area contributed by atoms with E-state index in [2.05, 4.69) is 5.32 Å². The van der Waals surface area contributed by atoms with Gasteiger partial charge in [0.25, 0.3) is 0 Å². The van der Waals surface area contributed by atoms with Gasteiger partial charge < -0.3 is 15.8 Å². The van der Waals surface area contributed by atoms with Crippen molar-refractivity contribution in [2.45, 2.75) is 57.1 Å². The molecule has 4 heteroatoms. The summed E-state index contributed by atoms with van der Waals surface area (Å²) in [6.07, 6.45) is 7.76. The van der Waals surface area contributed by atoms with Crippen molar-refractivity contribution in [3.05, 3.63) is 0 Å². The largest absolute Gasteiger partial charge is 0.381 e. The Morgan fingerprint density at radius 2 is 2.11 bits per heavy atom. The summed E-state index contributed by atoms with van der Waals surface area (Å²) in [7, 11) is 1.75. The van der Waals surface area contributed by atoms with E-state index in [1.165, 1.54) is 6.42 Å². The second-order valence-electron chi connectivity index (χ2n) is 5.84. The highest BCUT2D eigenvalue weighted by Gasteiger charge is 2.30. The summed E-state index contributed by atoms with van der Waals surface area (Å²) in [5.41, 5.74) is 5.72. The minimum absolute atomic E-state index is 0.189. The third-order valence-corrected chi connectivity index (χ3v) is 4.55. The first-order valence-corrected chi connectivity index (χ1v) is 7.26. The Bertz CT molecular complexity index is 283. The molecule has 2 fully saturated rings. The molecular formula is C14H26N2O2. The van der Waals surface area contributed by atoms with Crippen LogP contribution in [0.25, 0.3) is 0 Å². The summed E-state index contributed by atoms with van der Waals surface area (Å²) in [5, 5.41) is 3.20. The van der Waals surface area contributed by atoms with Crippen LogP contribution in [0.4, 0.5) is 0 Å². The number of ether oxygens (including phenoxy) is 1. The van der Waals surface area contributed by atoms with Crippen LogP contribution in [0.3, 0.4) is 0 Å². The first-order chi connectivity index (χ1) is 8.72. The van der Waals surface area contributed by atoms with E-state index in [-0.39, 0.29) is 11.8 Å². The summed E-state index contributed by atoms with van der Waals surface area (Å²) >= 11 is 0. The summed E-state index contributed by atoms with van der Waals surface area (Å²) in [5.74, 6) is 0.980. The Hall–Kier alpha value is -0.610. The first kappa shape index (κ1) is 13.8. The molecule has 1 amide bonds. The van der Waals surface area contributed by atoms with Crippen LogP contribution in [0.1, 0.15) is 44.9 Å². The maximum absolute atomic E-state index is 12.2. The van der Waals surface area contributed by atoms with Gasteiger partial charge in [0.15, 0.2) is 0 Å². The average molecular weight is 254 g/mol. The standard InChI is InChI=1S/C14H26N2O2/c1-18-13-6-5-12(8-13)16-14(17)11-4-2-3-10(7-11)9-15/h10-13H,2-9,15H2,1H3,(H,16,17). The first-order valence-electron chi connectivity index (χ1n) is 7.26. The molecule has 0 aromatic carbocycles. The Morgan fingerprint density at radius 3 is 2.78 bits per heavy atom. The van der Waals surface area contributed by atoms with E-state index in [1.54, 1.807) is 7.11 Å². The number of nitrogens with two attached hydrogens (primary N) is 1. The monoisotopic (exact) mass is 254 g/mol. The molecule has 4 nitrogen and oxygen atoms in total. The Labute approximate surface area is 110 Å². The van der Waals surface area contributed by atoms with E-state index in [4.69, 9.17) is 10.5 Å². The number of methoxy groups -OCH3 is 1. The van der Waals surface area contributed by atoms with Gasteiger partial charge in [-0.25, -0.2) is 0 Å². The SMILES string of the molecule is COC1CCC(NC(=O)C2CCCC(CN)C2)C1. The topological polar surface area (TPSA) is 64.3 Å². The lowest BCUT2D eigenvalue weighted by Gasteiger charge is -2.28. The minimum atomic E-state index is 0.189. The van der Waals surface area contributed by atoms with Gasteiger partial charge in [0.1, 0.15) is 0 Å². The zero-order valence-corrected chi connectivity index (χ0v) is 11.4. The van der Waals surface area contributed by atoms with E-state index >= 15 is 0 Å². The molecule has 104 valence electrons. The van der Waals surface area contributed by atoms with Crippen LogP contribution >= 0.6 is 0 Å². The maximum atomic E-state index is 12.2. The average Bonchev–Trinajstić information content (AvgIpc) is 2.86. The van der Waals surface area contributed by atoms with Gasteiger partial charge in [-0.2, -0.15) is 0 Å². The lowest BCUT2D eigenvalue weighted by atomic mass is 9.81. The molecule has 0 aromatic rings. The smallest absolute Gasteiger partial charge is 0.223 e. The van der Waals surface area contributed by atoms with Gasteiger partial charge in [0, 0.05) is 19.1 Å². The van der Waals surface area contributed by atoms with Gasteiger partial charge in [-0.15, -0.1) is 0 Å². The predicted octanol–water partition coefficient (Wildman–Crippen LogP) is 1.44. The molecule has 4 atom stereocenters. The van der Waals surface area contributed by atoms with Crippen molar-refractivity contribution in [3.63, 3.8) is 0 Å². The molecule has 0 aliphatic heterocycles. The molecule has 18 heavy (non-hydrogen) atoms. The van der Waals surface area contributed by atoms with Crippen LogP contribution in [0.15, 0.2) is 0 Å². The van der Waals surface area contributed by atoms with E-state index in [1.807, 2.05) is 0 Å². The van der Waals surface area contributed by atoms with Crippen LogP contribution in [-0.2, 0) is 9.53 Å². The zero-order valence-electron chi connectivity index (χ0n) is 11.4. The predicted molar refractivity (Wildman–Crippen MR) is 71.1 cm³/mol. The summed E-state index contributed by atoms with van der Waals surface area (Å²) < 4.78 is 5.34. The maximum Gasteiger partial charge on any atom is 0.223 e. The van der Waals surface area contributed by atoms with Gasteiger partial charge in [0.05, 0.1) is 6.10 Å². The number of hydrogen-bond donors (Lipinski definition) is 2. The fourth-order valence-corrected chi connectivity index (χ4v) is 3.35. The number of amides is 1. The summed E-state index contributed by atoms with van der Waals surface area (Å²) in [4.78, 5) is 12.2. The highest BCUT2D eigenvalue weighted by Crippen LogP contribution is 2.29. The third-order valence-electron chi connectivity index (χ3n) is 4.55. The lowest BCUT2D eigenvalue weighted by molar-refractivity contribution is -0.127. The molecule has 2 aliphatic carbocycles.